The maximum atomic E-state index is 5.34. The summed E-state index contributed by atoms with van der Waals surface area (Å²) < 4.78 is 7.23. The molecule has 0 spiro atoms. The summed E-state index contributed by atoms with van der Waals surface area (Å²) in [6, 6.07) is 1.92. The van der Waals surface area contributed by atoms with E-state index in [0.717, 1.165) is 30.8 Å². The normalized spacial score (nSPS) is 15.2. The molecule has 0 aliphatic heterocycles. The fourth-order valence-corrected chi connectivity index (χ4v) is 2.12. The van der Waals surface area contributed by atoms with Crippen LogP contribution in [0.2, 0.25) is 0 Å². The number of nitrogens with zero attached hydrogens (tertiary/aromatic N) is 3. The van der Waals surface area contributed by atoms with Crippen LogP contribution in [0.25, 0.3) is 0 Å². The zero-order chi connectivity index (χ0) is 10.1. The molecule has 3 rings (SSSR count). The second-order valence-electron chi connectivity index (χ2n) is 3.94. The van der Waals surface area contributed by atoms with Crippen LogP contribution in [0.4, 0.5) is 0 Å². The third kappa shape index (κ3) is 1.56. The van der Waals surface area contributed by atoms with Crippen molar-refractivity contribution in [3.8, 4) is 0 Å². The van der Waals surface area contributed by atoms with Gasteiger partial charge in [0.1, 0.15) is 11.5 Å². The Hall–Kier alpha value is -1.58. The number of aromatic nitrogens is 3. The zero-order valence-corrected chi connectivity index (χ0v) is 8.52. The Kier molecular flexibility index (Phi) is 2.05. The number of fused-ring (bicyclic) bond motifs is 1. The Morgan fingerprint density at radius 1 is 1.33 bits per heavy atom. The molecule has 0 radical (unpaired) electrons. The monoisotopic (exact) mass is 203 g/mol. The summed E-state index contributed by atoms with van der Waals surface area (Å²) in [7, 11) is 0. The van der Waals surface area contributed by atoms with Crippen LogP contribution in [0.3, 0.4) is 0 Å². The summed E-state index contributed by atoms with van der Waals surface area (Å²) in [5.41, 5.74) is 2.37. The summed E-state index contributed by atoms with van der Waals surface area (Å²) in [5.74, 6) is 1.09. The van der Waals surface area contributed by atoms with Gasteiger partial charge in [0.25, 0.3) is 0 Å². The highest BCUT2D eigenvalue weighted by Crippen LogP contribution is 2.24. The van der Waals surface area contributed by atoms with Crippen LogP contribution < -0.4 is 0 Å². The largest absolute Gasteiger partial charge is 0.361 e. The Bertz CT molecular complexity index is 444. The topological polar surface area (TPSA) is 43.9 Å². The predicted molar refractivity (Wildman–Crippen MR) is 54.5 cm³/mol. The first-order valence-corrected chi connectivity index (χ1v) is 5.37. The molecule has 0 unspecified atom stereocenters. The fraction of sp³-hybridized carbons (Fsp3) is 0.455. The highest BCUT2D eigenvalue weighted by atomic mass is 16.5. The first-order valence-electron chi connectivity index (χ1n) is 5.37. The van der Waals surface area contributed by atoms with Crippen LogP contribution in [-0.2, 0) is 19.4 Å². The number of hydrogen-bond acceptors (Lipinski definition) is 3. The molecule has 0 saturated carbocycles. The van der Waals surface area contributed by atoms with Crippen LogP contribution in [-0.4, -0.2) is 14.9 Å². The maximum Gasteiger partial charge on any atom is 0.140 e. The van der Waals surface area contributed by atoms with E-state index in [4.69, 9.17) is 4.52 Å². The second kappa shape index (κ2) is 3.53. The van der Waals surface area contributed by atoms with E-state index in [1.165, 1.54) is 18.4 Å². The summed E-state index contributed by atoms with van der Waals surface area (Å²) in [6.07, 6.45) is 8.36. The zero-order valence-electron chi connectivity index (χ0n) is 8.52. The molecule has 0 bridgehead atoms. The van der Waals surface area contributed by atoms with Crippen molar-refractivity contribution < 1.29 is 4.52 Å². The molecule has 78 valence electrons. The minimum Gasteiger partial charge on any atom is -0.361 e. The van der Waals surface area contributed by atoms with Gasteiger partial charge in [0.15, 0.2) is 0 Å². The van der Waals surface area contributed by atoms with Gasteiger partial charge in [0.05, 0.1) is 6.54 Å². The molecule has 2 heterocycles. The van der Waals surface area contributed by atoms with Crippen molar-refractivity contribution in [2.75, 3.05) is 0 Å². The molecule has 4 heteroatoms. The number of aryl methyl sites for hydroxylation is 1. The van der Waals surface area contributed by atoms with Crippen molar-refractivity contribution in [1.82, 2.24) is 14.9 Å². The van der Waals surface area contributed by atoms with E-state index in [0.29, 0.717) is 0 Å². The van der Waals surface area contributed by atoms with Crippen molar-refractivity contribution in [2.45, 2.75) is 32.2 Å². The van der Waals surface area contributed by atoms with Crippen LogP contribution >= 0.6 is 0 Å². The highest BCUT2D eigenvalue weighted by Gasteiger charge is 2.19. The summed E-state index contributed by atoms with van der Waals surface area (Å²) >= 11 is 0. The predicted octanol–water partition coefficient (Wildman–Crippen LogP) is 1.80. The van der Waals surface area contributed by atoms with Crippen LogP contribution in [0.15, 0.2) is 23.0 Å². The average molecular weight is 203 g/mol. The highest BCUT2D eigenvalue weighted by molar-refractivity contribution is 5.25. The van der Waals surface area contributed by atoms with Crippen molar-refractivity contribution in [1.29, 1.82) is 0 Å². The van der Waals surface area contributed by atoms with Crippen molar-refractivity contribution in [3.63, 3.8) is 0 Å². The molecule has 0 atom stereocenters. The smallest absolute Gasteiger partial charge is 0.140 e. The van der Waals surface area contributed by atoms with E-state index in [9.17, 15) is 0 Å². The van der Waals surface area contributed by atoms with Gasteiger partial charge in [-0.15, -0.1) is 0 Å². The summed E-state index contributed by atoms with van der Waals surface area (Å²) in [6.45, 7) is 0.728. The molecular weight excluding hydrogens is 190 g/mol. The Balaban J connectivity index is 1.89. The quantitative estimate of drug-likeness (QED) is 0.747. The average Bonchev–Trinajstić information content (AvgIpc) is 2.89. The van der Waals surface area contributed by atoms with Gasteiger partial charge in [-0.25, -0.2) is 0 Å². The lowest BCUT2D eigenvalue weighted by molar-refractivity contribution is 0.366. The third-order valence-electron chi connectivity index (χ3n) is 2.90. The van der Waals surface area contributed by atoms with Crippen molar-refractivity contribution in [3.05, 3.63) is 35.5 Å². The molecule has 0 N–H and O–H groups in total. The van der Waals surface area contributed by atoms with Gasteiger partial charge < -0.3 is 4.52 Å². The van der Waals surface area contributed by atoms with Crippen LogP contribution in [0, 0.1) is 0 Å². The third-order valence-corrected chi connectivity index (χ3v) is 2.90. The van der Waals surface area contributed by atoms with E-state index in [1.54, 1.807) is 6.20 Å². The molecule has 1 aliphatic carbocycles. The SMILES string of the molecule is c1cnn(Cc2noc3c2CCCC3)c1. The van der Waals surface area contributed by atoms with Gasteiger partial charge >= 0.3 is 0 Å². The van der Waals surface area contributed by atoms with E-state index in [1.807, 2.05) is 16.9 Å². The van der Waals surface area contributed by atoms with Crippen molar-refractivity contribution >= 4 is 0 Å². The molecule has 15 heavy (non-hydrogen) atoms. The minimum absolute atomic E-state index is 0.728. The van der Waals surface area contributed by atoms with Gasteiger partial charge in [-0.05, 0) is 25.3 Å². The van der Waals surface area contributed by atoms with E-state index in [-0.39, 0.29) is 0 Å². The molecule has 0 saturated heterocycles. The van der Waals surface area contributed by atoms with Crippen molar-refractivity contribution in [2.24, 2.45) is 0 Å². The molecule has 2 aromatic rings. The fourth-order valence-electron chi connectivity index (χ4n) is 2.12. The van der Waals surface area contributed by atoms with Gasteiger partial charge in [0, 0.05) is 24.4 Å². The lowest BCUT2D eigenvalue weighted by atomic mass is 9.96. The first kappa shape index (κ1) is 8.71. The van der Waals surface area contributed by atoms with Gasteiger partial charge in [-0.3, -0.25) is 4.68 Å². The Labute approximate surface area is 87.9 Å². The number of hydrogen-bond donors (Lipinski definition) is 0. The van der Waals surface area contributed by atoms with E-state index in [2.05, 4.69) is 10.3 Å². The molecule has 0 amide bonds. The minimum atomic E-state index is 0.728. The van der Waals surface area contributed by atoms with Crippen LogP contribution in [0.1, 0.15) is 29.9 Å². The van der Waals surface area contributed by atoms with Crippen LogP contribution in [0.5, 0.6) is 0 Å². The molecule has 0 fully saturated rings. The Morgan fingerprint density at radius 3 is 3.13 bits per heavy atom. The van der Waals surface area contributed by atoms with Gasteiger partial charge in [-0.1, -0.05) is 5.16 Å². The Morgan fingerprint density at radius 2 is 2.27 bits per heavy atom. The maximum absolute atomic E-state index is 5.34. The lowest BCUT2D eigenvalue weighted by Gasteiger charge is -2.08. The standard InChI is InChI=1S/C11H13N3O/c1-2-5-11-9(4-1)10(13-15-11)8-14-7-3-6-12-14/h3,6-7H,1-2,4-5,8H2. The summed E-state index contributed by atoms with van der Waals surface area (Å²) in [5, 5.41) is 8.31. The molecule has 2 aromatic heterocycles. The molecule has 4 nitrogen and oxygen atoms in total. The second-order valence-corrected chi connectivity index (χ2v) is 3.94. The van der Waals surface area contributed by atoms with Gasteiger partial charge in [-0.2, -0.15) is 5.10 Å². The lowest BCUT2D eigenvalue weighted by Crippen LogP contribution is -2.06. The molecule has 1 aliphatic rings. The summed E-state index contributed by atoms with van der Waals surface area (Å²) in [4.78, 5) is 0. The molecule has 0 aromatic carbocycles. The van der Waals surface area contributed by atoms with Gasteiger partial charge in [0.2, 0.25) is 0 Å². The van der Waals surface area contributed by atoms with E-state index >= 15 is 0 Å². The van der Waals surface area contributed by atoms with E-state index < -0.39 is 0 Å². The number of rotatable bonds is 2. The molecular formula is C11H13N3O. The first-order chi connectivity index (χ1) is 7.43.